The van der Waals surface area contributed by atoms with Gasteiger partial charge in [0.05, 0.1) is 6.10 Å². The van der Waals surface area contributed by atoms with E-state index in [2.05, 4.69) is 4.79 Å². The second-order valence-electron chi connectivity index (χ2n) is 4.15. The Kier molecular flexibility index (Phi) is 5.57. The summed E-state index contributed by atoms with van der Waals surface area (Å²) in [5.41, 5.74) is 8.17. The molecule has 0 amide bonds. The van der Waals surface area contributed by atoms with Gasteiger partial charge in [-0.05, 0) is 26.0 Å². The van der Waals surface area contributed by atoms with Crippen LogP contribution in [0.1, 0.15) is 20.3 Å². The third-order valence-corrected chi connectivity index (χ3v) is 2.30. The first-order chi connectivity index (χ1) is 9.01. The fraction of sp³-hybridized carbons (Fsp3) is 0.385. The molecule has 0 aliphatic heterocycles. The number of nitrogens with zero attached hydrogens (tertiary/aromatic N) is 2. The van der Waals surface area contributed by atoms with Gasteiger partial charge in [0.2, 0.25) is 0 Å². The van der Waals surface area contributed by atoms with E-state index in [0.717, 1.165) is 0 Å². The number of esters is 1. The summed E-state index contributed by atoms with van der Waals surface area (Å²) < 4.78 is 10.5. The van der Waals surface area contributed by atoms with Crippen molar-refractivity contribution >= 4 is 12.2 Å². The molecule has 0 heterocycles. The third-order valence-electron chi connectivity index (χ3n) is 2.30. The summed E-state index contributed by atoms with van der Waals surface area (Å²) in [6.07, 6.45) is 0.589. The van der Waals surface area contributed by atoms with Crippen LogP contribution >= 0.6 is 0 Å². The molecule has 1 aromatic carbocycles. The molecule has 0 saturated carbocycles. The smallest absolute Gasteiger partial charge is 0.413 e. The molecular formula is C13H16N2O4. The van der Waals surface area contributed by atoms with E-state index >= 15 is 0 Å². The van der Waals surface area contributed by atoms with Crippen molar-refractivity contribution in [3.8, 4) is 11.5 Å². The van der Waals surface area contributed by atoms with Crippen LogP contribution < -0.4 is 4.74 Å². The minimum atomic E-state index is -0.709. The van der Waals surface area contributed by atoms with Crippen molar-refractivity contribution in [2.75, 3.05) is 0 Å². The highest BCUT2D eigenvalue weighted by Gasteiger charge is 2.15. The molecule has 2 atom stereocenters. The summed E-state index contributed by atoms with van der Waals surface area (Å²) in [5, 5.41) is 9.30. The molecule has 0 unspecified atom stereocenters. The predicted molar refractivity (Wildman–Crippen MR) is 68.1 cm³/mol. The highest BCUT2D eigenvalue weighted by molar-refractivity contribution is 6.20. The summed E-state index contributed by atoms with van der Waals surface area (Å²) in [7, 11) is 0. The van der Waals surface area contributed by atoms with Crippen LogP contribution in [0.25, 0.3) is 5.53 Å². The van der Waals surface area contributed by atoms with E-state index in [0.29, 0.717) is 18.4 Å². The predicted octanol–water partition coefficient (Wildman–Crippen LogP) is 1.78. The SMILES string of the molecule is C[C@H](C[C@H](C)Oc1cccc(O)c1)OC(=O)C=[N+]=[N-]. The van der Waals surface area contributed by atoms with Crippen molar-refractivity contribution in [2.24, 2.45) is 0 Å². The number of hydrogen-bond acceptors (Lipinski definition) is 4. The second-order valence-corrected chi connectivity index (χ2v) is 4.15. The Morgan fingerprint density at radius 1 is 1.47 bits per heavy atom. The van der Waals surface area contributed by atoms with Crippen molar-refractivity contribution < 1.29 is 24.2 Å². The summed E-state index contributed by atoms with van der Waals surface area (Å²) in [6, 6.07) is 6.46. The molecule has 0 bridgehead atoms. The van der Waals surface area contributed by atoms with E-state index in [1.807, 2.05) is 6.92 Å². The molecule has 0 aliphatic carbocycles. The number of aromatic hydroxyl groups is 1. The number of hydrogen-bond donors (Lipinski definition) is 1. The van der Waals surface area contributed by atoms with Crippen molar-refractivity contribution in [3.63, 3.8) is 0 Å². The Balaban J connectivity index is 2.44. The van der Waals surface area contributed by atoms with Crippen LogP contribution in [0.5, 0.6) is 11.5 Å². The second kappa shape index (κ2) is 7.18. The van der Waals surface area contributed by atoms with Crippen LogP contribution in [0.2, 0.25) is 0 Å². The number of rotatable bonds is 6. The molecule has 0 aromatic heterocycles. The molecule has 0 radical (unpaired) electrons. The van der Waals surface area contributed by atoms with Gasteiger partial charge in [-0.25, -0.2) is 4.79 Å². The van der Waals surface area contributed by atoms with Gasteiger partial charge in [-0.1, -0.05) is 6.07 Å². The normalized spacial score (nSPS) is 12.9. The number of phenolic OH excluding ortho intramolecular Hbond substituents is 1. The van der Waals surface area contributed by atoms with Crippen molar-refractivity contribution in [3.05, 3.63) is 29.8 Å². The Bertz CT molecular complexity index is 483. The third kappa shape index (κ3) is 5.70. The molecule has 1 aromatic rings. The van der Waals surface area contributed by atoms with Crippen molar-refractivity contribution in [2.45, 2.75) is 32.5 Å². The first kappa shape index (κ1) is 14.7. The lowest BCUT2D eigenvalue weighted by Crippen LogP contribution is -2.23. The average Bonchev–Trinajstić information content (AvgIpc) is 2.28. The van der Waals surface area contributed by atoms with Crippen LogP contribution in [-0.4, -0.2) is 34.3 Å². The van der Waals surface area contributed by atoms with Crippen LogP contribution in [0, 0.1) is 0 Å². The van der Waals surface area contributed by atoms with Crippen LogP contribution in [0.3, 0.4) is 0 Å². The molecule has 0 saturated heterocycles. The summed E-state index contributed by atoms with van der Waals surface area (Å²) >= 11 is 0. The number of carbonyl (C=O) groups is 1. The molecule has 102 valence electrons. The maximum atomic E-state index is 11.0. The Labute approximate surface area is 111 Å². The lowest BCUT2D eigenvalue weighted by Gasteiger charge is -2.18. The van der Waals surface area contributed by atoms with Crippen LogP contribution in [-0.2, 0) is 9.53 Å². The fourth-order valence-corrected chi connectivity index (χ4v) is 1.63. The van der Waals surface area contributed by atoms with Gasteiger partial charge in [0, 0.05) is 12.5 Å². The van der Waals surface area contributed by atoms with E-state index in [4.69, 9.17) is 15.0 Å². The topological polar surface area (TPSA) is 92.2 Å². The Morgan fingerprint density at radius 2 is 2.21 bits per heavy atom. The zero-order chi connectivity index (χ0) is 14.3. The lowest BCUT2D eigenvalue weighted by molar-refractivity contribution is -0.144. The first-order valence-corrected chi connectivity index (χ1v) is 5.85. The van der Waals surface area contributed by atoms with Gasteiger partial charge in [-0.3, -0.25) is 0 Å². The molecule has 6 heteroatoms. The van der Waals surface area contributed by atoms with Gasteiger partial charge in [-0.15, -0.1) is 0 Å². The molecular weight excluding hydrogens is 248 g/mol. The van der Waals surface area contributed by atoms with Gasteiger partial charge in [0.25, 0.3) is 0 Å². The molecule has 0 fully saturated rings. The molecule has 6 nitrogen and oxygen atoms in total. The molecule has 1 rings (SSSR count). The maximum absolute atomic E-state index is 11.0. The van der Waals surface area contributed by atoms with E-state index < -0.39 is 5.97 Å². The highest BCUT2D eigenvalue weighted by Crippen LogP contribution is 2.20. The zero-order valence-corrected chi connectivity index (χ0v) is 10.8. The molecule has 0 spiro atoms. The molecule has 1 N–H and O–H groups in total. The van der Waals surface area contributed by atoms with Gasteiger partial charge in [0.1, 0.15) is 17.6 Å². The maximum Gasteiger partial charge on any atom is 0.413 e. The lowest BCUT2D eigenvalue weighted by atomic mass is 10.2. The van der Waals surface area contributed by atoms with Crippen molar-refractivity contribution in [1.82, 2.24) is 0 Å². The van der Waals surface area contributed by atoms with E-state index in [1.165, 1.54) is 6.07 Å². The van der Waals surface area contributed by atoms with Crippen molar-refractivity contribution in [1.29, 1.82) is 0 Å². The summed E-state index contributed by atoms with van der Waals surface area (Å²) in [4.78, 5) is 13.6. The quantitative estimate of drug-likeness (QED) is 0.367. The Hall–Kier alpha value is -2.33. The van der Waals surface area contributed by atoms with Gasteiger partial charge in [-0.2, -0.15) is 4.79 Å². The standard InChI is InChI=1S/C13H16N2O4/c1-9(6-10(2)19-13(17)8-15-14)18-12-5-3-4-11(16)7-12/h3-5,7-10,16H,6H2,1-2H3/t9-,10+/m0/s1. The summed E-state index contributed by atoms with van der Waals surface area (Å²) in [5.74, 6) is -0.0363. The number of carbonyl (C=O) groups excluding carboxylic acids is 1. The Morgan fingerprint density at radius 3 is 2.84 bits per heavy atom. The average molecular weight is 264 g/mol. The monoisotopic (exact) mass is 264 g/mol. The molecule has 0 aliphatic rings. The van der Waals surface area contributed by atoms with E-state index in [1.54, 1.807) is 25.1 Å². The van der Waals surface area contributed by atoms with Gasteiger partial charge in [0.15, 0.2) is 0 Å². The van der Waals surface area contributed by atoms with Gasteiger partial charge < -0.3 is 20.1 Å². The number of benzene rings is 1. The number of phenols is 1. The first-order valence-electron chi connectivity index (χ1n) is 5.85. The highest BCUT2D eigenvalue weighted by atomic mass is 16.5. The minimum absolute atomic E-state index is 0.128. The fourth-order valence-electron chi connectivity index (χ4n) is 1.63. The minimum Gasteiger partial charge on any atom is -0.508 e. The largest absolute Gasteiger partial charge is 0.508 e. The van der Waals surface area contributed by atoms with E-state index in [9.17, 15) is 9.90 Å². The van der Waals surface area contributed by atoms with Gasteiger partial charge >= 0.3 is 12.2 Å². The summed E-state index contributed by atoms with van der Waals surface area (Å²) in [6.45, 7) is 3.54. The zero-order valence-electron chi connectivity index (χ0n) is 10.8. The molecule has 19 heavy (non-hydrogen) atoms. The van der Waals surface area contributed by atoms with E-state index in [-0.39, 0.29) is 18.0 Å². The van der Waals surface area contributed by atoms with Crippen LogP contribution in [0.4, 0.5) is 0 Å². The number of ether oxygens (including phenoxy) is 2. The van der Waals surface area contributed by atoms with Crippen LogP contribution in [0.15, 0.2) is 24.3 Å².